The average Bonchev–Trinajstić information content (AvgIpc) is 2.94. The normalized spacial score (nSPS) is 13.0. The van der Waals surface area contributed by atoms with E-state index in [-0.39, 0.29) is 0 Å². The van der Waals surface area contributed by atoms with Gasteiger partial charge in [-0.1, -0.05) is 19.1 Å². The third-order valence-corrected chi connectivity index (χ3v) is 4.25. The second-order valence-electron chi connectivity index (χ2n) is 5.67. The number of hydrogen-bond acceptors (Lipinski definition) is 5. The van der Waals surface area contributed by atoms with Gasteiger partial charge < -0.3 is 20.9 Å². The van der Waals surface area contributed by atoms with E-state index in [0.717, 1.165) is 24.6 Å². The minimum Gasteiger partial charge on any atom is -0.365 e. The SMILES string of the molecule is CCc1cc(CN)ccc1N(C)c1cc2c(cn1)NCN2C. The number of fused-ring (bicyclic) bond motifs is 1. The molecular formula is C17H23N5. The Bertz CT molecular complexity index is 683. The number of nitrogens with two attached hydrogens (primary N) is 1. The minimum absolute atomic E-state index is 0.574. The molecule has 0 spiro atoms. The molecule has 0 saturated carbocycles. The van der Waals surface area contributed by atoms with E-state index >= 15 is 0 Å². The third-order valence-electron chi connectivity index (χ3n) is 4.25. The molecule has 0 radical (unpaired) electrons. The number of nitrogens with zero attached hydrogens (tertiary/aromatic N) is 3. The van der Waals surface area contributed by atoms with Gasteiger partial charge in [-0.05, 0) is 23.6 Å². The Kier molecular flexibility index (Phi) is 3.90. The quantitative estimate of drug-likeness (QED) is 0.908. The lowest BCUT2D eigenvalue weighted by molar-refractivity contribution is 1.02. The van der Waals surface area contributed by atoms with E-state index in [4.69, 9.17) is 5.73 Å². The first kappa shape index (κ1) is 14.7. The van der Waals surface area contributed by atoms with E-state index in [2.05, 4.69) is 65.4 Å². The first-order valence-electron chi connectivity index (χ1n) is 7.64. The molecule has 0 aliphatic carbocycles. The van der Waals surface area contributed by atoms with Crippen LogP contribution in [-0.2, 0) is 13.0 Å². The second kappa shape index (κ2) is 5.85. The van der Waals surface area contributed by atoms with E-state index in [0.29, 0.717) is 6.54 Å². The Morgan fingerprint density at radius 3 is 2.91 bits per heavy atom. The summed E-state index contributed by atoms with van der Waals surface area (Å²) >= 11 is 0. The van der Waals surface area contributed by atoms with E-state index in [1.807, 2.05) is 6.20 Å². The lowest BCUT2D eigenvalue weighted by Gasteiger charge is -2.23. The first-order valence-corrected chi connectivity index (χ1v) is 7.64. The van der Waals surface area contributed by atoms with Crippen LogP contribution in [0.1, 0.15) is 18.1 Å². The molecule has 0 amide bonds. The summed E-state index contributed by atoms with van der Waals surface area (Å²) in [4.78, 5) is 8.92. The maximum atomic E-state index is 5.75. The standard InChI is InChI=1S/C17H23N5/c1-4-13-7-12(9-18)5-6-15(13)22(3)17-8-16-14(10-19-17)20-11-21(16)2/h5-8,10,20H,4,9,11,18H2,1-3H3. The molecule has 5 nitrogen and oxygen atoms in total. The Morgan fingerprint density at radius 2 is 2.18 bits per heavy atom. The lowest BCUT2D eigenvalue weighted by atomic mass is 10.1. The van der Waals surface area contributed by atoms with Crippen molar-refractivity contribution in [3.8, 4) is 0 Å². The van der Waals surface area contributed by atoms with Crippen molar-refractivity contribution in [2.24, 2.45) is 5.73 Å². The molecule has 0 saturated heterocycles. The summed E-state index contributed by atoms with van der Waals surface area (Å²) in [6.45, 7) is 3.57. The molecule has 0 unspecified atom stereocenters. The number of nitrogens with one attached hydrogen (secondary N) is 1. The summed E-state index contributed by atoms with van der Waals surface area (Å²) in [5.74, 6) is 0.949. The predicted octanol–water partition coefficient (Wildman–Crippen LogP) is 2.69. The van der Waals surface area contributed by atoms with Gasteiger partial charge in [0.1, 0.15) is 5.82 Å². The van der Waals surface area contributed by atoms with E-state index in [1.54, 1.807) is 0 Å². The fourth-order valence-corrected chi connectivity index (χ4v) is 2.86. The van der Waals surface area contributed by atoms with Gasteiger partial charge >= 0.3 is 0 Å². The third kappa shape index (κ3) is 2.48. The van der Waals surface area contributed by atoms with Crippen molar-refractivity contribution >= 4 is 22.9 Å². The van der Waals surface area contributed by atoms with Crippen molar-refractivity contribution in [1.29, 1.82) is 0 Å². The van der Waals surface area contributed by atoms with Crippen molar-refractivity contribution in [1.82, 2.24) is 4.98 Å². The van der Waals surface area contributed by atoms with Crippen molar-refractivity contribution in [2.45, 2.75) is 19.9 Å². The fourth-order valence-electron chi connectivity index (χ4n) is 2.86. The number of anilines is 4. The molecular weight excluding hydrogens is 274 g/mol. The number of aryl methyl sites for hydroxylation is 1. The van der Waals surface area contributed by atoms with Gasteiger partial charge in [-0.2, -0.15) is 0 Å². The van der Waals surface area contributed by atoms with Crippen LogP contribution >= 0.6 is 0 Å². The summed E-state index contributed by atoms with van der Waals surface area (Å²) in [5.41, 5.74) is 11.7. The van der Waals surface area contributed by atoms with E-state index < -0.39 is 0 Å². The molecule has 0 bridgehead atoms. The van der Waals surface area contributed by atoms with Crippen LogP contribution in [0.3, 0.4) is 0 Å². The smallest absolute Gasteiger partial charge is 0.134 e. The van der Waals surface area contributed by atoms with Crippen molar-refractivity contribution in [3.05, 3.63) is 41.6 Å². The molecule has 3 rings (SSSR count). The highest BCUT2D eigenvalue weighted by Crippen LogP contribution is 2.34. The van der Waals surface area contributed by atoms with Gasteiger partial charge in [0.2, 0.25) is 0 Å². The second-order valence-corrected chi connectivity index (χ2v) is 5.67. The van der Waals surface area contributed by atoms with Crippen LogP contribution in [0.5, 0.6) is 0 Å². The monoisotopic (exact) mass is 297 g/mol. The molecule has 22 heavy (non-hydrogen) atoms. The van der Waals surface area contributed by atoms with Crippen LogP contribution in [0.15, 0.2) is 30.5 Å². The van der Waals surface area contributed by atoms with Crippen molar-refractivity contribution in [2.75, 3.05) is 35.9 Å². The van der Waals surface area contributed by atoms with Crippen LogP contribution < -0.4 is 20.9 Å². The highest BCUT2D eigenvalue weighted by Gasteiger charge is 2.18. The molecule has 5 heteroatoms. The molecule has 116 valence electrons. The molecule has 3 N–H and O–H groups in total. The van der Waals surface area contributed by atoms with Gasteiger partial charge in [0.05, 0.1) is 24.2 Å². The first-order chi connectivity index (χ1) is 10.6. The Hall–Kier alpha value is -2.27. The zero-order chi connectivity index (χ0) is 15.7. The van der Waals surface area contributed by atoms with Crippen LogP contribution in [0, 0.1) is 0 Å². The Morgan fingerprint density at radius 1 is 1.36 bits per heavy atom. The Labute approximate surface area is 131 Å². The van der Waals surface area contributed by atoms with Gasteiger partial charge in [0.15, 0.2) is 0 Å². The van der Waals surface area contributed by atoms with E-state index in [9.17, 15) is 0 Å². The number of hydrogen-bond donors (Lipinski definition) is 2. The summed E-state index contributed by atoms with van der Waals surface area (Å²) in [6, 6.07) is 8.54. The molecule has 2 heterocycles. The molecule has 0 atom stereocenters. The molecule has 1 aliphatic heterocycles. The molecule has 0 fully saturated rings. The van der Waals surface area contributed by atoms with Crippen LogP contribution in [0.4, 0.5) is 22.9 Å². The van der Waals surface area contributed by atoms with Crippen molar-refractivity contribution in [3.63, 3.8) is 0 Å². The molecule has 2 aromatic rings. The maximum Gasteiger partial charge on any atom is 0.134 e. The predicted molar refractivity (Wildman–Crippen MR) is 92.9 cm³/mol. The summed E-state index contributed by atoms with van der Waals surface area (Å²) in [7, 11) is 4.14. The highest BCUT2D eigenvalue weighted by molar-refractivity contribution is 5.78. The minimum atomic E-state index is 0.574. The topological polar surface area (TPSA) is 57.4 Å². The van der Waals surface area contributed by atoms with Gasteiger partial charge in [0.25, 0.3) is 0 Å². The van der Waals surface area contributed by atoms with Gasteiger partial charge in [-0.3, -0.25) is 0 Å². The molecule has 1 aromatic heterocycles. The lowest BCUT2D eigenvalue weighted by Crippen LogP contribution is -2.17. The van der Waals surface area contributed by atoms with Crippen LogP contribution in [0.25, 0.3) is 0 Å². The molecule has 1 aromatic carbocycles. The number of pyridine rings is 1. The summed E-state index contributed by atoms with van der Waals surface area (Å²) in [6.07, 6.45) is 2.88. The van der Waals surface area contributed by atoms with Gasteiger partial charge in [-0.15, -0.1) is 0 Å². The van der Waals surface area contributed by atoms with Gasteiger partial charge in [-0.25, -0.2) is 4.98 Å². The van der Waals surface area contributed by atoms with E-state index in [1.165, 1.54) is 22.5 Å². The number of benzene rings is 1. The largest absolute Gasteiger partial charge is 0.365 e. The maximum absolute atomic E-state index is 5.75. The van der Waals surface area contributed by atoms with Crippen LogP contribution in [-0.4, -0.2) is 25.7 Å². The molecule has 1 aliphatic rings. The number of rotatable bonds is 4. The summed E-state index contributed by atoms with van der Waals surface area (Å²) < 4.78 is 0. The van der Waals surface area contributed by atoms with Gasteiger partial charge in [0, 0.05) is 32.4 Å². The zero-order valence-corrected chi connectivity index (χ0v) is 13.4. The van der Waals surface area contributed by atoms with Crippen molar-refractivity contribution < 1.29 is 0 Å². The highest BCUT2D eigenvalue weighted by atomic mass is 15.3. The average molecular weight is 297 g/mol. The Balaban J connectivity index is 1.97. The number of aromatic nitrogens is 1. The summed E-state index contributed by atoms with van der Waals surface area (Å²) in [5, 5.41) is 3.32. The zero-order valence-electron chi connectivity index (χ0n) is 13.4. The van der Waals surface area contributed by atoms with Crippen LogP contribution in [0.2, 0.25) is 0 Å². The fraction of sp³-hybridized carbons (Fsp3) is 0.353.